The lowest BCUT2D eigenvalue weighted by Gasteiger charge is -2.08. The van der Waals surface area contributed by atoms with E-state index in [9.17, 15) is 9.90 Å². The Morgan fingerprint density at radius 2 is 1.90 bits per heavy atom. The summed E-state index contributed by atoms with van der Waals surface area (Å²) >= 11 is 0. The zero-order valence-electron chi connectivity index (χ0n) is 11.6. The molecule has 0 aliphatic carbocycles. The molecule has 2 rings (SSSR count). The van der Waals surface area contributed by atoms with Crippen molar-refractivity contribution >= 4 is 5.91 Å². The van der Waals surface area contributed by atoms with E-state index in [4.69, 9.17) is 0 Å². The molecule has 0 saturated heterocycles. The standard InChI is InChI=1S/C17H19NO2/c1-13-12-15(19)9-10-16(13)17(20)18-11-5-8-14-6-3-2-4-7-14/h2-4,6-7,9-10,12,19H,5,8,11H2,1H3,(H,18,20). The SMILES string of the molecule is Cc1cc(O)ccc1C(=O)NCCCc1ccccc1. The molecule has 0 saturated carbocycles. The highest BCUT2D eigenvalue weighted by molar-refractivity contribution is 5.95. The largest absolute Gasteiger partial charge is 0.508 e. The molecule has 2 aromatic carbocycles. The van der Waals surface area contributed by atoms with Gasteiger partial charge in [-0.05, 0) is 49.1 Å². The van der Waals surface area contributed by atoms with E-state index in [1.54, 1.807) is 12.1 Å². The predicted octanol–water partition coefficient (Wildman–Crippen LogP) is 3.06. The Labute approximate surface area is 119 Å². The van der Waals surface area contributed by atoms with Crippen molar-refractivity contribution < 1.29 is 9.90 Å². The molecule has 20 heavy (non-hydrogen) atoms. The fourth-order valence-electron chi connectivity index (χ4n) is 2.14. The molecule has 1 amide bonds. The van der Waals surface area contributed by atoms with E-state index < -0.39 is 0 Å². The molecule has 0 aromatic heterocycles. The average molecular weight is 269 g/mol. The second-order valence-corrected chi connectivity index (χ2v) is 4.84. The third-order valence-electron chi connectivity index (χ3n) is 3.23. The molecule has 0 spiro atoms. The van der Waals surface area contributed by atoms with Gasteiger partial charge < -0.3 is 10.4 Å². The van der Waals surface area contributed by atoms with Crippen LogP contribution in [-0.2, 0) is 6.42 Å². The molecule has 2 aromatic rings. The van der Waals surface area contributed by atoms with Crippen molar-refractivity contribution in [2.75, 3.05) is 6.54 Å². The van der Waals surface area contributed by atoms with Gasteiger partial charge in [0.25, 0.3) is 5.91 Å². The molecule has 0 fully saturated rings. The van der Waals surface area contributed by atoms with E-state index in [1.165, 1.54) is 11.6 Å². The van der Waals surface area contributed by atoms with E-state index in [0.717, 1.165) is 18.4 Å². The Balaban J connectivity index is 1.80. The minimum Gasteiger partial charge on any atom is -0.508 e. The monoisotopic (exact) mass is 269 g/mol. The zero-order chi connectivity index (χ0) is 14.4. The van der Waals surface area contributed by atoms with Crippen molar-refractivity contribution in [3.8, 4) is 5.75 Å². The highest BCUT2D eigenvalue weighted by Gasteiger charge is 2.08. The van der Waals surface area contributed by atoms with Crippen molar-refractivity contribution in [2.45, 2.75) is 19.8 Å². The maximum Gasteiger partial charge on any atom is 0.251 e. The van der Waals surface area contributed by atoms with Crippen molar-refractivity contribution in [3.63, 3.8) is 0 Å². The summed E-state index contributed by atoms with van der Waals surface area (Å²) < 4.78 is 0. The number of carbonyl (C=O) groups excluding carboxylic acids is 1. The van der Waals surface area contributed by atoms with Crippen molar-refractivity contribution in [1.82, 2.24) is 5.32 Å². The number of phenolic OH excluding ortho intramolecular Hbond substituents is 1. The van der Waals surface area contributed by atoms with Crippen LogP contribution in [0.25, 0.3) is 0 Å². The van der Waals surface area contributed by atoms with Crippen LogP contribution < -0.4 is 5.32 Å². The Morgan fingerprint density at radius 1 is 1.15 bits per heavy atom. The zero-order valence-corrected chi connectivity index (χ0v) is 11.6. The van der Waals surface area contributed by atoms with E-state index in [1.807, 2.05) is 25.1 Å². The summed E-state index contributed by atoms with van der Waals surface area (Å²) in [5.41, 5.74) is 2.68. The number of aromatic hydroxyl groups is 1. The van der Waals surface area contributed by atoms with Gasteiger partial charge in [0.2, 0.25) is 0 Å². The lowest BCUT2D eigenvalue weighted by atomic mass is 10.1. The van der Waals surface area contributed by atoms with Crippen LogP contribution in [-0.4, -0.2) is 17.6 Å². The Morgan fingerprint density at radius 3 is 2.60 bits per heavy atom. The smallest absolute Gasteiger partial charge is 0.251 e. The normalized spacial score (nSPS) is 10.2. The van der Waals surface area contributed by atoms with Crippen molar-refractivity contribution in [1.29, 1.82) is 0 Å². The number of nitrogens with one attached hydrogen (secondary N) is 1. The number of carbonyl (C=O) groups is 1. The predicted molar refractivity (Wildman–Crippen MR) is 79.9 cm³/mol. The van der Waals surface area contributed by atoms with E-state index >= 15 is 0 Å². The van der Waals surface area contributed by atoms with Gasteiger partial charge in [-0.3, -0.25) is 4.79 Å². The molecule has 0 bridgehead atoms. The molecule has 0 heterocycles. The minimum absolute atomic E-state index is 0.0874. The summed E-state index contributed by atoms with van der Waals surface area (Å²) in [5.74, 6) is 0.0960. The van der Waals surface area contributed by atoms with Crippen LogP contribution in [0, 0.1) is 6.92 Å². The molecular weight excluding hydrogens is 250 g/mol. The lowest BCUT2D eigenvalue weighted by Crippen LogP contribution is -2.25. The number of amides is 1. The summed E-state index contributed by atoms with van der Waals surface area (Å²) in [4.78, 5) is 12.0. The fraction of sp³-hybridized carbons (Fsp3) is 0.235. The molecule has 0 radical (unpaired) electrons. The van der Waals surface area contributed by atoms with Crippen LogP contribution in [0.2, 0.25) is 0 Å². The molecule has 0 aliphatic heterocycles. The highest BCUT2D eigenvalue weighted by atomic mass is 16.3. The number of rotatable bonds is 5. The number of aryl methyl sites for hydroxylation is 2. The summed E-state index contributed by atoms with van der Waals surface area (Å²) in [7, 11) is 0. The molecule has 2 N–H and O–H groups in total. The van der Waals surface area contributed by atoms with Gasteiger partial charge in [-0.2, -0.15) is 0 Å². The Kier molecular flexibility index (Phi) is 4.77. The van der Waals surface area contributed by atoms with Crippen LogP contribution in [0.15, 0.2) is 48.5 Å². The van der Waals surface area contributed by atoms with Gasteiger partial charge in [0.05, 0.1) is 0 Å². The lowest BCUT2D eigenvalue weighted by molar-refractivity contribution is 0.0952. The Hall–Kier alpha value is -2.29. The molecule has 3 nitrogen and oxygen atoms in total. The second-order valence-electron chi connectivity index (χ2n) is 4.84. The van der Waals surface area contributed by atoms with Gasteiger partial charge in [-0.25, -0.2) is 0 Å². The third kappa shape index (κ3) is 3.85. The fourth-order valence-corrected chi connectivity index (χ4v) is 2.14. The first kappa shape index (κ1) is 14.1. The van der Waals surface area contributed by atoms with Crippen LogP contribution in [0.5, 0.6) is 5.75 Å². The molecule has 0 atom stereocenters. The molecule has 104 valence electrons. The number of benzene rings is 2. The van der Waals surface area contributed by atoms with Gasteiger partial charge in [-0.1, -0.05) is 30.3 Å². The first-order valence-corrected chi connectivity index (χ1v) is 6.78. The maximum absolute atomic E-state index is 12.0. The van der Waals surface area contributed by atoms with E-state index in [0.29, 0.717) is 12.1 Å². The van der Waals surface area contributed by atoms with E-state index in [2.05, 4.69) is 17.4 Å². The number of hydrogen-bond donors (Lipinski definition) is 2. The van der Waals surface area contributed by atoms with Gasteiger partial charge in [0.1, 0.15) is 5.75 Å². The van der Waals surface area contributed by atoms with E-state index in [-0.39, 0.29) is 11.7 Å². The van der Waals surface area contributed by atoms with Crippen molar-refractivity contribution in [2.24, 2.45) is 0 Å². The molecule has 0 unspecified atom stereocenters. The second kappa shape index (κ2) is 6.75. The van der Waals surface area contributed by atoms with Crippen LogP contribution >= 0.6 is 0 Å². The maximum atomic E-state index is 12.0. The summed E-state index contributed by atoms with van der Waals surface area (Å²) in [6.07, 6.45) is 1.86. The molecular formula is C17H19NO2. The summed E-state index contributed by atoms with van der Waals surface area (Å²) in [6, 6.07) is 15.0. The van der Waals surface area contributed by atoms with Gasteiger partial charge in [0, 0.05) is 12.1 Å². The topological polar surface area (TPSA) is 49.3 Å². The minimum atomic E-state index is -0.0874. The molecule has 3 heteroatoms. The van der Waals surface area contributed by atoms with Gasteiger partial charge >= 0.3 is 0 Å². The van der Waals surface area contributed by atoms with Gasteiger partial charge in [0.15, 0.2) is 0 Å². The average Bonchev–Trinajstić information content (AvgIpc) is 2.44. The van der Waals surface area contributed by atoms with Crippen LogP contribution in [0.4, 0.5) is 0 Å². The first-order chi connectivity index (χ1) is 9.66. The van der Waals surface area contributed by atoms with Crippen LogP contribution in [0.3, 0.4) is 0 Å². The summed E-state index contributed by atoms with van der Waals surface area (Å²) in [6.45, 7) is 2.46. The third-order valence-corrected chi connectivity index (χ3v) is 3.23. The van der Waals surface area contributed by atoms with Crippen LogP contribution in [0.1, 0.15) is 27.9 Å². The summed E-state index contributed by atoms with van der Waals surface area (Å²) in [5, 5.41) is 12.2. The van der Waals surface area contributed by atoms with Gasteiger partial charge in [-0.15, -0.1) is 0 Å². The van der Waals surface area contributed by atoms with Crippen molar-refractivity contribution in [3.05, 3.63) is 65.2 Å². The number of phenols is 1. The molecule has 0 aliphatic rings. The first-order valence-electron chi connectivity index (χ1n) is 6.78. The number of hydrogen-bond acceptors (Lipinski definition) is 2. The highest BCUT2D eigenvalue weighted by Crippen LogP contribution is 2.15. The quantitative estimate of drug-likeness (QED) is 0.820. The Bertz CT molecular complexity index is 579.